The van der Waals surface area contributed by atoms with Crippen molar-refractivity contribution >= 4 is 17.0 Å². The summed E-state index contributed by atoms with van der Waals surface area (Å²) in [4.78, 5) is 25.6. The molecular weight excluding hydrogens is 366 g/mol. The molecule has 1 saturated heterocycles. The van der Waals surface area contributed by atoms with E-state index < -0.39 is 12.1 Å². The van der Waals surface area contributed by atoms with Gasteiger partial charge in [0.25, 0.3) is 0 Å². The van der Waals surface area contributed by atoms with E-state index in [0.717, 1.165) is 54.8 Å². The standard InChI is InChI=1S/C23H27N3O3/c1-15(2)18-10-11-19-20(14-18)25-22(24-19)17-8-6-16(7-9-17)21(27)23(28)29-26-12-4-3-5-13-26/h6-11,14-15,21,27H,3-5,12-13H2,1-2H3,(H,24,25)/t21-/m1/s1. The van der Waals surface area contributed by atoms with E-state index in [2.05, 4.69) is 37.0 Å². The normalized spacial score (nSPS) is 16.3. The Hall–Kier alpha value is -2.70. The van der Waals surface area contributed by atoms with E-state index in [1.165, 1.54) is 5.56 Å². The Bertz CT molecular complexity index is 988. The third kappa shape index (κ3) is 4.33. The fourth-order valence-corrected chi connectivity index (χ4v) is 3.61. The highest BCUT2D eigenvalue weighted by Crippen LogP contribution is 2.25. The van der Waals surface area contributed by atoms with Crippen molar-refractivity contribution in [2.45, 2.75) is 45.1 Å². The quantitative estimate of drug-likeness (QED) is 0.674. The van der Waals surface area contributed by atoms with E-state index in [1.54, 1.807) is 17.2 Å². The van der Waals surface area contributed by atoms with Crippen LogP contribution in [0.15, 0.2) is 42.5 Å². The van der Waals surface area contributed by atoms with Crippen LogP contribution < -0.4 is 0 Å². The molecule has 1 fully saturated rings. The summed E-state index contributed by atoms with van der Waals surface area (Å²) in [5.74, 6) is 0.576. The summed E-state index contributed by atoms with van der Waals surface area (Å²) in [7, 11) is 0. The summed E-state index contributed by atoms with van der Waals surface area (Å²) in [6.07, 6.45) is 1.87. The minimum atomic E-state index is -1.30. The first-order chi connectivity index (χ1) is 14.0. The van der Waals surface area contributed by atoms with Gasteiger partial charge in [0.2, 0.25) is 0 Å². The number of piperidine rings is 1. The predicted molar refractivity (Wildman–Crippen MR) is 112 cm³/mol. The molecule has 29 heavy (non-hydrogen) atoms. The number of nitrogens with zero attached hydrogens (tertiary/aromatic N) is 2. The average Bonchev–Trinajstić information content (AvgIpc) is 3.17. The molecule has 0 unspecified atom stereocenters. The Morgan fingerprint density at radius 2 is 1.76 bits per heavy atom. The monoisotopic (exact) mass is 393 g/mol. The average molecular weight is 393 g/mol. The van der Waals surface area contributed by atoms with Crippen LogP contribution >= 0.6 is 0 Å². The van der Waals surface area contributed by atoms with Crippen LogP contribution in [-0.2, 0) is 9.63 Å². The number of aliphatic hydroxyl groups is 1. The number of carbonyl (C=O) groups excluding carboxylic acids is 1. The highest BCUT2D eigenvalue weighted by atomic mass is 16.7. The highest BCUT2D eigenvalue weighted by Gasteiger charge is 2.23. The first-order valence-electron chi connectivity index (χ1n) is 10.3. The Morgan fingerprint density at radius 3 is 2.45 bits per heavy atom. The van der Waals surface area contributed by atoms with Gasteiger partial charge in [0.05, 0.1) is 11.0 Å². The Kier molecular flexibility index (Phi) is 5.65. The number of hydrogen-bond donors (Lipinski definition) is 2. The van der Waals surface area contributed by atoms with Gasteiger partial charge in [-0.3, -0.25) is 0 Å². The first-order valence-corrected chi connectivity index (χ1v) is 10.3. The predicted octanol–water partition coefficient (Wildman–Crippen LogP) is 4.33. The van der Waals surface area contributed by atoms with Crippen molar-refractivity contribution in [1.29, 1.82) is 0 Å². The number of hydrogen-bond acceptors (Lipinski definition) is 5. The van der Waals surface area contributed by atoms with E-state index >= 15 is 0 Å². The van der Waals surface area contributed by atoms with E-state index in [-0.39, 0.29) is 0 Å². The van der Waals surface area contributed by atoms with Crippen molar-refractivity contribution in [3.05, 3.63) is 53.6 Å². The molecule has 6 heteroatoms. The van der Waals surface area contributed by atoms with Crippen molar-refractivity contribution < 1.29 is 14.7 Å². The second kappa shape index (κ2) is 8.35. The smallest absolute Gasteiger partial charge is 0.358 e. The lowest BCUT2D eigenvalue weighted by molar-refractivity contribution is -0.204. The number of carbonyl (C=O) groups is 1. The number of aromatic amines is 1. The Labute approximate surface area is 170 Å². The van der Waals surface area contributed by atoms with E-state index in [4.69, 9.17) is 9.82 Å². The van der Waals surface area contributed by atoms with E-state index in [0.29, 0.717) is 11.5 Å². The summed E-state index contributed by atoms with van der Waals surface area (Å²) in [6, 6.07) is 13.5. The van der Waals surface area contributed by atoms with Gasteiger partial charge in [-0.05, 0) is 42.0 Å². The van der Waals surface area contributed by atoms with Crippen LogP contribution in [0.3, 0.4) is 0 Å². The van der Waals surface area contributed by atoms with Crippen LogP contribution in [-0.4, -0.2) is 39.2 Å². The summed E-state index contributed by atoms with van der Waals surface area (Å²) >= 11 is 0. The lowest BCUT2D eigenvalue weighted by Crippen LogP contribution is -2.34. The van der Waals surface area contributed by atoms with E-state index in [1.807, 2.05) is 12.1 Å². The molecule has 4 rings (SSSR count). The van der Waals surface area contributed by atoms with E-state index in [9.17, 15) is 9.90 Å². The summed E-state index contributed by atoms with van der Waals surface area (Å²) in [5, 5.41) is 12.0. The largest absolute Gasteiger partial charge is 0.377 e. The minimum absolute atomic E-state index is 0.449. The molecule has 0 saturated carbocycles. The number of H-pyrrole nitrogens is 1. The van der Waals surface area contributed by atoms with Crippen LogP contribution in [0.2, 0.25) is 0 Å². The maximum absolute atomic E-state index is 12.2. The van der Waals surface area contributed by atoms with Crippen molar-refractivity contribution in [1.82, 2.24) is 15.0 Å². The molecule has 2 heterocycles. The zero-order chi connectivity index (χ0) is 20.4. The third-order valence-electron chi connectivity index (χ3n) is 5.43. The molecule has 0 radical (unpaired) electrons. The van der Waals surface area contributed by atoms with Gasteiger partial charge in [-0.1, -0.05) is 50.6 Å². The van der Waals surface area contributed by atoms with Crippen LogP contribution in [0.25, 0.3) is 22.4 Å². The molecule has 1 aliphatic heterocycles. The van der Waals surface area contributed by atoms with Crippen LogP contribution in [0.4, 0.5) is 0 Å². The zero-order valence-electron chi connectivity index (χ0n) is 16.9. The molecule has 6 nitrogen and oxygen atoms in total. The molecule has 1 aliphatic rings. The topological polar surface area (TPSA) is 78.4 Å². The minimum Gasteiger partial charge on any atom is -0.377 e. The summed E-state index contributed by atoms with van der Waals surface area (Å²) in [6.45, 7) is 5.77. The number of aliphatic hydroxyl groups excluding tert-OH is 1. The molecule has 152 valence electrons. The van der Waals surface area contributed by atoms with Crippen LogP contribution in [0.5, 0.6) is 0 Å². The molecule has 1 aromatic heterocycles. The van der Waals surface area contributed by atoms with Gasteiger partial charge in [-0.15, -0.1) is 5.06 Å². The molecule has 0 spiro atoms. The molecule has 2 N–H and O–H groups in total. The number of fused-ring (bicyclic) bond motifs is 1. The maximum atomic E-state index is 12.2. The zero-order valence-corrected chi connectivity index (χ0v) is 16.9. The molecule has 0 amide bonds. The number of rotatable bonds is 5. The SMILES string of the molecule is CC(C)c1ccc2[nH]c(-c3ccc([C@@H](O)C(=O)ON4CCCCC4)cc3)nc2c1. The first kappa shape index (κ1) is 19.6. The number of nitrogens with one attached hydrogen (secondary N) is 1. The number of aromatic nitrogens is 2. The number of imidazole rings is 1. The number of hydroxylamine groups is 2. The van der Waals surface area contributed by atoms with Crippen molar-refractivity contribution in [3.8, 4) is 11.4 Å². The van der Waals surface area contributed by atoms with Gasteiger partial charge in [-0.25, -0.2) is 9.78 Å². The fourth-order valence-electron chi connectivity index (χ4n) is 3.61. The van der Waals surface area contributed by atoms with Gasteiger partial charge >= 0.3 is 5.97 Å². The molecule has 3 aromatic rings. The summed E-state index contributed by atoms with van der Waals surface area (Å²) < 4.78 is 0. The lowest BCUT2D eigenvalue weighted by atomic mass is 10.0. The van der Waals surface area contributed by atoms with Crippen molar-refractivity contribution in [3.63, 3.8) is 0 Å². The maximum Gasteiger partial charge on any atom is 0.358 e. The molecule has 0 aliphatic carbocycles. The van der Waals surface area contributed by atoms with Crippen molar-refractivity contribution in [2.75, 3.05) is 13.1 Å². The summed E-state index contributed by atoms with van der Waals surface area (Å²) in [5.41, 5.74) is 4.57. The fraction of sp³-hybridized carbons (Fsp3) is 0.391. The number of benzene rings is 2. The van der Waals surface area contributed by atoms with Gasteiger partial charge in [0, 0.05) is 18.7 Å². The Balaban J connectivity index is 1.48. The molecule has 0 bridgehead atoms. The van der Waals surface area contributed by atoms with Crippen LogP contribution in [0.1, 0.15) is 56.3 Å². The molecule has 1 atom stereocenters. The van der Waals surface area contributed by atoms with Gasteiger partial charge in [-0.2, -0.15) is 0 Å². The van der Waals surface area contributed by atoms with Gasteiger partial charge < -0.3 is 14.9 Å². The lowest BCUT2D eigenvalue weighted by Gasteiger charge is -2.25. The van der Waals surface area contributed by atoms with Crippen LogP contribution in [0, 0.1) is 0 Å². The third-order valence-corrected chi connectivity index (χ3v) is 5.43. The second-order valence-electron chi connectivity index (χ2n) is 7.94. The Morgan fingerprint density at radius 1 is 1.07 bits per heavy atom. The van der Waals surface area contributed by atoms with Gasteiger partial charge in [0.1, 0.15) is 5.82 Å². The van der Waals surface area contributed by atoms with Crippen molar-refractivity contribution in [2.24, 2.45) is 0 Å². The molecule has 2 aromatic carbocycles. The van der Waals surface area contributed by atoms with Gasteiger partial charge in [0.15, 0.2) is 6.10 Å². The second-order valence-corrected chi connectivity index (χ2v) is 7.94. The molecular formula is C23H27N3O3. The highest BCUT2D eigenvalue weighted by molar-refractivity contribution is 5.80.